The molecule has 1 amide bonds. The highest BCUT2D eigenvalue weighted by Gasteiger charge is 2.27. The van der Waals surface area contributed by atoms with Crippen LogP contribution in [0.25, 0.3) is 0 Å². The molecule has 9 heteroatoms. The van der Waals surface area contributed by atoms with Crippen molar-refractivity contribution in [2.75, 3.05) is 24.5 Å². The Hall–Kier alpha value is -2.55. The number of benzene rings is 3. The number of rotatable bonds is 9. The molecule has 6 nitrogen and oxygen atoms in total. The number of aryl methyl sites for hydroxylation is 2. The van der Waals surface area contributed by atoms with E-state index in [1.165, 1.54) is 11.4 Å². The maximum Gasteiger partial charge on any atom is 0.264 e. The number of sulfonamides is 1. The summed E-state index contributed by atoms with van der Waals surface area (Å²) in [5, 5.41) is 3.53. The summed E-state index contributed by atoms with van der Waals surface area (Å²) in [6.07, 6.45) is 0. The fourth-order valence-corrected chi connectivity index (χ4v) is 6.95. The number of hydrogen-bond acceptors (Lipinski definition) is 4. The van der Waals surface area contributed by atoms with Crippen LogP contribution in [-0.4, -0.2) is 34.5 Å². The van der Waals surface area contributed by atoms with Gasteiger partial charge in [-0.2, -0.15) is 0 Å². The van der Waals surface area contributed by atoms with Gasteiger partial charge in [0, 0.05) is 28.5 Å². The molecular formula is C29H34BrClN2O4S. The second-order valence-corrected chi connectivity index (χ2v) is 13.4. The van der Waals surface area contributed by atoms with Gasteiger partial charge in [0.1, 0.15) is 5.75 Å². The standard InChI is InChI=1S/C29H34BrClN2O4S/c1-18-14-19(2)21(4)28(20(18)3)38(35,36)33(7)23-9-11-24(12-10-23)37-16-27(34)32-17-29(5,6)25-13-8-22(30)15-26(25)31/h8-15H,16-17H2,1-7H3,(H,32,34). The van der Waals surface area contributed by atoms with Gasteiger partial charge in [-0.15, -0.1) is 0 Å². The van der Waals surface area contributed by atoms with Crippen molar-refractivity contribution in [2.24, 2.45) is 0 Å². The van der Waals surface area contributed by atoms with Crippen LogP contribution in [0.3, 0.4) is 0 Å². The first-order chi connectivity index (χ1) is 17.6. The van der Waals surface area contributed by atoms with E-state index in [-0.39, 0.29) is 17.9 Å². The molecule has 0 saturated heterocycles. The van der Waals surface area contributed by atoms with Crippen LogP contribution in [0.15, 0.2) is 57.9 Å². The zero-order valence-electron chi connectivity index (χ0n) is 22.8. The van der Waals surface area contributed by atoms with Crippen molar-refractivity contribution < 1.29 is 17.9 Å². The highest BCUT2D eigenvalue weighted by Crippen LogP contribution is 2.32. The second kappa shape index (κ2) is 11.7. The minimum atomic E-state index is -3.77. The summed E-state index contributed by atoms with van der Waals surface area (Å²) >= 11 is 9.80. The first-order valence-electron chi connectivity index (χ1n) is 12.2. The van der Waals surface area contributed by atoms with Crippen LogP contribution in [0.4, 0.5) is 5.69 Å². The topological polar surface area (TPSA) is 75.7 Å². The van der Waals surface area contributed by atoms with Crippen molar-refractivity contribution >= 4 is 49.1 Å². The van der Waals surface area contributed by atoms with Crippen molar-refractivity contribution in [1.29, 1.82) is 0 Å². The van der Waals surface area contributed by atoms with E-state index in [1.54, 1.807) is 24.3 Å². The number of anilines is 1. The van der Waals surface area contributed by atoms with Crippen LogP contribution in [-0.2, 0) is 20.2 Å². The van der Waals surface area contributed by atoms with E-state index < -0.39 is 10.0 Å². The van der Waals surface area contributed by atoms with E-state index >= 15 is 0 Å². The first kappa shape index (κ1) is 30.0. The SMILES string of the molecule is Cc1cc(C)c(C)c(S(=O)(=O)N(C)c2ccc(OCC(=O)NCC(C)(C)c3ccc(Br)cc3Cl)cc2)c1C. The second-order valence-electron chi connectivity index (χ2n) is 10.1. The summed E-state index contributed by atoms with van der Waals surface area (Å²) in [7, 11) is -2.23. The van der Waals surface area contributed by atoms with Crippen LogP contribution < -0.4 is 14.4 Å². The monoisotopic (exact) mass is 620 g/mol. The molecule has 0 heterocycles. The zero-order chi connectivity index (χ0) is 28.4. The van der Waals surface area contributed by atoms with Crippen molar-refractivity contribution in [3.8, 4) is 5.75 Å². The number of amides is 1. The molecule has 0 saturated carbocycles. The first-order valence-corrected chi connectivity index (χ1v) is 14.8. The normalized spacial score (nSPS) is 11.8. The lowest BCUT2D eigenvalue weighted by molar-refractivity contribution is -0.123. The largest absolute Gasteiger partial charge is 0.484 e. The molecule has 1 N–H and O–H groups in total. The van der Waals surface area contributed by atoms with Gasteiger partial charge in [0.05, 0.1) is 10.6 Å². The third-order valence-corrected chi connectivity index (χ3v) is 9.74. The number of ether oxygens (including phenoxy) is 1. The quantitative estimate of drug-likeness (QED) is 0.291. The van der Waals surface area contributed by atoms with Crippen LogP contribution >= 0.6 is 27.5 Å². The Morgan fingerprint density at radius 2 is 1.58 bits per heavy atom. The average Bonchev–Trinajstić information content (AvgIpc) is 2.84. The predicted octanol–water partition coefficient (Wildman–Crippen LogP) is 6.63. The van der Waals surface area contributed by atoms with Gasteiger partial charge in [0.25, 0.3) is 15.9 Å². The molecule has 0 fully saturated rings. The molecule has 0 atom stereocenters. The minimum Gasteiger partial charge on any atom is -0.484 e. The van der Waals surface area contributed by atoms with Crippen molar-refractivity contribution in [3.05, 3.63) is 85.8 Å². The van der Waals surface area contributed by atoms with Gasteiger partial charge >= 0.3 is 0 Å². The third-order valence-electron chi connectivity index (χ3n) is 6.87. The van der Waals surface area contributed by atoms with Crippen LogP contribution in [0.5, 0.6) is 5.75 Å². The molecule has 0 spiro atoms. The maximum absolute atomic E-state index is 13.5. The summed E-state index contributed by atoms with van der Waals surface area (Å²) in [5.74, 6) is 0.194. The fraction of sp³-hybridized carbons (Fsp3) is 0.345. The molecule has 0 unspecified atom stereocenters. The minimum absolute atomic E-state index is 0.168. The lowest BCUT2D eigenvalue weighted by atomic mass is 9.84. The Morgan fingerprint density at radius 3 is 2.13 bits per heavy atom. The molecule has 0 aromatic heterocycles. The molecule has 3 aromatic carbocycles. The molecule has 3 aromatic rings. The van der Waals surface area contributed by atoms with Crippen molar-refractivity contribution in [2.45, 2.75) is 51.9 Å². The molecular weight excluding hydrogens is 588 g/mol. The highest BCUT2D eigenvalue weighted by molar-refractivity contribution is 9.10. The van der Waals surface area contributed by atoms with E-state index in [1.807, 2.05) is 65.8 Å². The lowest BCUT2D eigenvalue weighted by Crippen LogP contribution is -2.39. The Labute approximate surface area is 239 Å². The highest BCUT2D eigenvalue weighted by atomic mass is 79.9. The number of halogens is 2. The van der Waals surface area contributed by atoms with E-state index in [0.717, 1.165) is 32.3 Å². The Kier molecular flexibility index (Phi) is 9.22. The van der Waals surface area contributed by atoms with Gasteiger partial charge in [-0.25, -0.2) is 8.42 Å². The smallest absolute Gasteiger partial charge is 0.264 e. The average molecular weight is 622 g/mol. The molecule has 0 bridgehead atoms. The maximum atomic E-state index is 13.5. The summed E-state index contributed by atoms with van der Waals surface area (Å²) in [6, 6.07) is 14.3. The Balaban J connectivity index is 1.64. The number of nitrogens with zero attached hydrogens (tertiary/aromatic N) is 1. The number of nitrogens with one attached hydrogen (secondary N) is 1. The van der Waals surface area contributed by atoms with Gasteiger partial charge in [-0.3, -0.25) is 9.10 Å². The molecule has 0 aliphatic rings. The van der Waals surface area contributed by atoms with Crippen molar-refractivity contribution in [3.63, 3.8) is 0 Å². The molecule has 0 aliphatic carbocycles. The lowest BCUT2D eigenvalue weighted by Gasteiger charge is -2.27. The van der Waals surface area contributed by atoms with Gasteiger partial charge in [0.2, 0.25) is 0 Å². The summed E-state index contributed by atoms with van der Waals surface area (Å²) in [6.45, 7) is 11.7. The fourth-order valence-electron chi connectivity index (χ4n) is 4.25. The van der Waals surface area contributed by atoms with Gasteiger partial charge in [-0.05, 0) is 91.9 Å². The van der Waals surface area contributed by atoms with E-state index in [4.69, 9.17) is 16.3 Å². The van der Waals surface area contributed by atoms with E-state index in [9.17, 15) is 13.2 Å². The Morgan fingerprint density at radius 1 is 1.00 bits per heavy atom. The molecule has 0 radical (unpaired) electrons. The Bertz CT molecular complexity index is 1430. The molecule has 0 aliphatic heterocycles. The number of carbonyl (C=O) groups excluding carboxylic acids is 1. The van der Waals surface area contributed by atoms with Crippen LogP contribution in [0.2, 0.25) is 5.02 Å². The predicted molar refractivity (Wildman–Crippen MR) is 158 cm³/mol. The van der Waals surface area contributed by atoms with Gasteiger partial charge in [0.15, 0.2) is 6.61 Å². The van der Waals surface area contributed by atoms with Crippen LogP contribution in [0.1, 0.15) is 41.7 Å². The molecule has 3 rings (SSSR count). The third kappa shape index (κ3) is 6.53. The van der Waals surface area contributed by atoms with Crippen LogP contribution in [0, 0.1) is 27.7 Å². The molecule has 204 valence electrons. The van der Waals surface area contributed by atoms with E-state index in [2.05, 4.69) is 21.2 Å². The number of carbonyl (C=O) groups is 1. The number of hydrogen-bond donors (Lipinski definition) is 1. The summed E-state index contributed by atoms with van der Waals surface area (Å²) < 4.78 is 34.8. The van der Waals surface area contributed by atoms with Crippen molar-refractivity contribution in [1.82, 2.24) is 5.32 Å². The summed E-state index contributed by atoms with van der Waals surface area (Å²) in [4.78, 5) is 12.8. The summed E-state index contributed by atoms with van der Waals surface area (Å²) in [5.41, 5.74) is 4.42. The zero-order valence-corrected chi connectivity index (χ0v) is 25.9. The van der Waals surface area contributed by atoms with Gasteiger partial charge < -0.3 is 10.1 Å². The van der Waals surface area contributed by atoms with E-state index in [0.29, 0.717) is 27.9 Å². The molecule has 38 heavy (non-hydrogen) atoms. The van der Waals surface area contributed by atoms with Gasteiger partial charge in [-0.1, -0.05) is 53.5 Å².